The number of ether oxygens (including phenoxy) is 1. The van der Waals surface area contributed by atoms with Crippen molar-refractivity contribution in [1.82, 2.24) is 4.98 Å². The van der Waals surface area contributed by atoms with Gasteiger partial charge in [0.25, 0.3) is 0 Å². The van der Waals surface area contributed by atoms with E-state index in [0.717, 1.165) is 19.3 Å². The molecule has 5 heteroatoms. The minimum atomic E-state index is -1.48. The smallest absolute Gasteiger partial charge is 0.478 e. The molecule has 0 fully saturated rings. The Labute approximate surface area is 131 Å². The van der Waals surface area contributed by atoms with Gasteiger partial charge in [-0.05, 0) is 30.9 Å². The van der Waals surface area contributed by atoms with Crippen LogP contribution in [0.5, 0.6) is 5.88 Å². The standard InChI is InChI=1S/C17H22BNO3/c20-18(21)16-11-12-17(19-14-16)22-13-7-2-1-4-8-15-9-5-3-6-10-15/h3,5-6,9-12,14,20-21H,1-2,4,7-8,13H2. The van der Waals surface area contributed by atoms with Gasteiger partial charge in [0.1, 0.15) is 0 Å². The molecule has 0 aliphatic carbocycles. The molecule has 2 N–H and O–H groups in total. The number of aryl methyl sites for hydroxylation is 1. The van der Waals surface area contributed by atoms with E-state index in [1.165, 1.54) is 24.6 Å². The second-order valence-corrected chi connectivity index (χ2v) is 5.30. The summed E-state index contributed by atoms with van der Waals surface area (Å²) in [7, 11) is -1.48. The van der Waals surface area contributed by atoms with Crippen molar-refractivity contribution in [2.75, 3.05) is 6.61 Å². The van der Waals surface area contributed by atoms with E-state index in [0.29, 0.717) is 17.9 Å². The van der Waals surface area contributed by atoms with Crippen LogP contribution in [0.4, 0.5) is 0 Å². The molecule has 0 bridgehead atoms. The number of nitrogens with zero attached hydrogens (tertiary/aromatic N) is 1. The van der Waals surface area contributed by atoms with Gasteiger partial charge in [0.2, 0.25) is 5.88 Å². The summed E-state index contributed by atoms with van der Waals surface area (Å²) in [5, 5.41) is 17.9. The van der Waals surface area contributed by atoms with Gasteiger partial charge >= 0.3 is 7.12 Å². The fraction of sp³-hybridized carbons (Fsp3) is 0.353. The number of aromatic nitrogens is 1. The van der Waals surface area contributed by atoms with Crippen molar-refractivity contribution in [1.29, 1.82) is 0 Å². The van der Waals surface area contributed by atoms with Gasteiger partial charge in [0.15, 0.2) is 0 Å². The molecule has 0 atom stereocenters. The van der Waals surface area contributed by atoms with Gasteiger partial charge in [-0.15, -0.1) is 0 Å². The highest BCUT2D eigenvalue weighted by Gasteiger charge is 2.10. The molecule has 1 aromatic heterocycles. The molecule has 0 aliphatic rings. The highest BCUT2D eigenvalue weighted by molar-refractivity contribution is 6.58. The molecule has 116 valence electrons. The lowest BCUT2D eigenvalue weighted by Gasteiger charge is -2.06. The van der Waals surface area contributed by atoms with Crippen molar-refractivity contribution in [3.8, 4) is 5.88 Å². The lowest BCUT2D eigenvalue weighted by Crippen LogP contribution is -2.29. The van der Waals surface area contributed by atoms with Crippen LogP contribution >= 0.6 is 0 Å². The Morgan fingerprint density at radius 2 is 1.68 bits per heavy atom. The monoisotopic (exact) mass is 299 g/mol. The molecule has 1 aromatic carbocycles. The highest BCUT2D eigenvalue weighted by atomic mass is 16.5. The van der Waals surface area contributed by atoms with Crippen molar-refractivity contribution in [3.63, 3.8) is 0 Å². The van der Waals surface area contributed by atoms with Crippen LogP contribution < -0.4 is 10.2 Å². The molecule has 0 radical (unpaired) electrons. The molecule has 1 heterocycles. The minimum Gasteiger partial charge on any atom is -0.478 e. The van der Waals surface area contributed by atoms with Crippen LogP contribution in [-0.4, -0.2) is 28.8 Å². The Balaban J connectivity index is 1.54. The summed E-state index contributed by atoms with van der Waals surface area (Å²) in [6, 6.07) is 13.8. The molecule has 0 amide bonds. The van der Waals surface area contributed by atoms with Crippen molar-refractivity contribution in [2.45, 2.75) is 32.1 Å². The van der Waals surface area contributed by atoms with Crippen LogP contribution in [0, 0.1) is 0 Å². The molecular formula is C17H22BNO3. The average Bonchev–Trinajstić information content (AvgIpc) is 2.55. The molecule has 2 rings (SSSR count). The first-order valence-electron chi connectivity index (χ1n) is 7.74. The third kappa shape index (κ3) is 5.88. The van der Waals surface area contributed by atoms with E-state index in [4.69, 9.17) is 14.8 Å². The zero-order valence-corrected chi connectivity index (χ0v) is 12.7. The summed E-state index contributed by atoms with van der Waals surface area (Å²) in [4.78, 5) is 4.03. The quantitative estimate of drug-likeness (QED) is 0.549. The number of hydrogen-bond donors (Lipinski definition) is 2. The predicted octanol–water partition coefficient (Wildman–Crippen LogP) is 1.94. The lowest BCUT2D eigenvalue weighted by atomic mass is 9.82. The largest absolute Gasteiger partial charge is 0.490 e. The van der Waals surface area contributed by atoms with Gasteiger partial charge in [0.05, 0.1) is 6.61 Å². The molecule has 0 aliphatic heterocycles. The van der Waals surface area contributed by atoms with Crippen LogP contribution in [0.25, 0.3) is 0 Å². The SMILES string of the molecule is OB(O)c1ccc(OCCCCCCc2ccccc2)nc1. The van der Waals surface area contributed by atoms with Crippen LogP contribution in [0.2, 0.25) is 0 Å². The molecule has 22 heavy (non-hydrogen) atoms. The fourth-order valence-corrected chi connectivity index (χ4v) is 2.24. The molecular weight excluding hydrogens is 277 g/mol. The average molecular weight is 299 g/mol. The summed E-state index contributed by atoms with van der Waals surface area (Å²) in [5.74, 6) is 0.522. The van der Waals surface area contributed by atoms with E-state index >= 15 is 0 Å². The zero-order valence-electron chi connectivity index (χ0n) is 12.7. The maximum Gasteiger partial charge on any atom is 0.490 e. The van der Waals surface area contributed by atoms with Crippen molar-refractivity contribution in [2.24, 2.45) is 0 Å². The first-order chi connectivity index (χ1) is 10.8. The molecule has 0 spiro atoms. The first kappa shape index (κ1) is 16.5. The number of pyridine rings is 1. The second-order valence-electron chi connectivity index (χ2n) is 5.30. The maximum absolute atomic E-state index is 8.97. The van der Waals surface area contributed by atoms with Gasteiger partial charge < -0.3 is 14.8 Å². The summed E-state index contributed by atoms with van der Waals surface area (Å²) < 4.78 is 5.53. The van der Waals surface area contributed by atoms with Crippen molar-refractivity contribution >= 4 is 12.6 Å². The van der Waals surface area contributed by atoms with Gasteiger partial charge in [-0.1, -0.05) is 49.2 Å². The highest BCUT2D eigenvalue weighted by Crippen LogP contribution is 2.09. The molecule has 0 saturated carbocycles. The van der Waals surface area contributed by atoms with E-state index in [9.17, 15) is 0 Å². The number of benzene rings is 1. The Kier molecular flexibility index (Phi) is 6.93. The Hall–Kier alpha value is -1.85. The number of hydrogen-bond acceptors (Lipinski definition) is 4. The third-order valence-corrected chi connectivity index (χ3v) is 3.51. The zero-order chi connectivity index (χ0) is 15.6. The summed E-state index contributed by atoms with van der Waals surface area (Å²) in [6.07, 6.45) is 7.09. The van der Waals surface area contributed by atoms with E-state index in [1.54, 1.807) is 12.1 Å². The van der Waals surface area contributed by atoms with Crippen molar-refractivity contribution in [3.05, 3.63) is 54.2 Å². The third-order valence-electron chi connectivity index (χ3n) is 3.51. The number of rotatable bonds is 9. The fourth-order valence-electron chi connectivity index (χ4n) is 2.24. The van der Waals surface area contributed by atoms with Crippen LogP contribution in [0.3, 0.4) is 0 Å². The summed E-state index contributed by atoms with van der Waals surface area (Å²) in [5.41, 5.74) is 1.77. The Bertz CT molecular complexity index is 531. The maximum atomic E-state index is 8.97. The van der Waals surface area contributed by atoms with Gasteiger partial charge in [0, 0.05) is 11.7 Å². The molecule has 2 aromatic rings. The van der Waals surface area contributed by atoms with Gasteiger partial charge in [-0.25, -0.2) is 4.98 Å². The van der Waals surface area contributed by atoms with E-state index in [2.05, 4.69) is 29.2 Å². The molecule has 4 nitrogen and oxygen atoms in total. The minimum absolute atomic E-state index is 0.369. The van der Waals surface area contributed by atoms with Gasteiger partial charge in [-0.2, -0.15) is 0 Å². The Morgan fingerprint density at radius 3 is 2.36 bits per heavy atom. The summed E-state index contributed by atoms with van der Waals surface area (Å²) >= 11 is 0. The van der Waals surface area contributed by atoms with E-state index in [-0.39, 0.29) is 0 Å². The molecule has 0 saturated heterocycles. The summed E-state index contributed by atoms with van der Waals surface area (Å²) in [6.45, 7) is 0.638. The predicted molar refractivity (Wildman–Crippen MR) is 88.2 cm³/mol. The first-order valence-corrected chi connectivity index (χ1v) is 7.74. The normalized spacial score (nSPS) is 10.5. The van der Waals surface area contributed by atoms with Crippen LogP contribution in [0.1, 0.15) is 31.2 Å². The Morgan fingerprint density at radius 1 is 0.909 bits per heavy atom. The lowest BCUT2D eigenvalue weighted by molar-refractivity contribution is 0.293. The molecule has 0 unspecified atom stereocenters. The number of unbranched alkanes of at least 4 members (excludes halogenated alkanes) is 3. The second kappa shape index (κ2) is 9.23. The van der Waals surface area contributed by atoms with Crippen LogP contribution in [-0.2, 0) is 6.42 Å². The van der Waals surface area contributed by atoms with Crippen molar-refractivity contribution < 1.29 is 14.8 Å². The topological polar surface area (TPSA) is 62.6 Å². The van der Waals surface area contributed by atoms with E-state index in [1.807, 2.05) is 6.07 Å². The van der Waals surface area contributed by atoms with E-state index < -0.39 is 7.12 Å². The van der Waals surface area contributed by atoms with Crippen LogP contribution in [0.15, 0.2) is 48.7 Å². The van der Waals surface area contributed by atoms with Gasteiger partial charge in [-0.3, -0.25) is 0 Å².